The van der Waals surface area contributed by atoms with Gasteiger partial charge in [-0.3, -0.25) is 9.59 Å². The minimum atomic E-state index is -0.313. The maximum absolute atomic E-state index is 12.3. The van der Waals surface area contributed by atoms with E-state index >= 15 is 0 Å². The van der Waals surface area contributed by atoms with Crippen molar-refractivity contribution >= 4 is 23.7 Å². The van der Waals surface area contributed by atoms with E-state index in [-0.39, 0.29) is 23.7 Å². The highest BCUT2D eigenvalue weighted by molar-refractivity contribution is 6.10. The summed E-state index contributed by atoms with van der Waals surface area (Å²) in [5, 5.41) is 9.67. The Bertz CT molecular complexity index is 1150. The predicted octanol–water partition coefficient (Wildman–Crippen LogP) is 9.52. The number of ketones is 2. The molecule has 0 unspecified atom stereocenters. The summed E-state index contributed by atoms with van der Waals surface area (Å²) in [6.45, 7) is 2.92. The van der Waals surface area contributed by atoms with Crippen molar-refractivity contribution < 1.29 is 28.9 Å². The van der Waals surface area contributed by atoms with Crippen LogP contribution in [-0.2, 0) is 9.59 Å². The number of methoxy groups -OCH3 is 2. The number of hydrogen-bond donors (Lipinski definition) is 1. The molecule has 2 aromatic rings. The standard InChI is InChI=1S/C37H52O6/c1-4-5-6-7-8-9-10-11-12-13-14-15-16-17-26-43-35-25-21-31(28-37(35)42-3)19-23-33(39)29-32(38)22-18-30-20-24-34(40)36(27-30)41-2/h18-25,27-28,40H,4-17,26,29H2,1-3H3/b22-18+,23-19+. The highest BCUT2D eigenvalue weighted by Gasteiger charge is 2.07. The van der Waals surface area contributed by atoms with Crippen LogP contribution >= 0.6 is 0 Å². The summed E-state index contributed by atoms with van der Waals surface area (Å²) in [4.78, 5) is 24.5. The zero-order valence-electron chi connectivity index (χ0n) is 26.6. The zero-order chi connectivity index (χ0) is 31.1. The van der Waals surface area contributed by atoms with Crippen LogP contribution in [-0.4, -0.2) is 37.5 Å². The Morgan fingerprint density at radius 1 is 0.628 bits per heavy atom. The van der Waals surface area contributed by atoms with Crippen molar-refractivity contribution in [1.29, 1.82) is 0 Å². The number of ether oxygens (including phenoxy) is 3. The molecule has 0 spiro atoms. The minimum Gasteiger partial charge on any atom is -0.504 e. The molecule has 0 amide bonds. The maximum Gasteiger partial charge on any atom is 0.163 e. The van der Waals surface area contributed by atoms with Crippen LogP contribution in [0.1, 0.15) is 114 Å². The third-order valence-corrected chi connectivity index (χ3v) is 7.42. The Kier molecular flexibility index (Phi) is 18.3. The van der Waals surface area contributed by atoms with E-state index < -0.39 is 0 Å². The van der Waals surface area contributed by atoms with E-state index in [1.807, 2.05) is 18.2 Å². The number of aromatic hydroxyl groups is 1. The second-order valence-electron chi connectivity index (χ2n) is 11.1. The number of rotatable bonds is 24. The number of allylic oxidation sites excluding steroid dienone is 2. The smallest absolute Gasteiger partial charge is 0.163 e. The molecule has 0 atom stereocenters. The van der Waals surface area contributed by atoms with Crippen molar-refractivity contribution in [3.63, 3.8) is 0 Å². The number of carbonyl (C=O) groups excluding carboxylic acids is 2. The van der Waals surface area contributed by atoms with Gasteiger partial charge in [0.05, 0.1) is 27.2 Å². The Labute approximate surface area is 259 Å². The van der Waals surface area contributed by atoms with Gasteiger partial charge in [0.25, 0.3) is 0 Å². The van der Waals surface area contributed by atoms with Crippen LogP contribution in [0.25, 0.3) is 12.2 Å². The SMILES string of the molecule is CCCCCCCCCCCCCCCCOc1ccc(/C=C/C(=O)CC(=O)/C=C/c2ccc(O)c(OC)c2)cc1OC. The maximum atomic E-state index is 12.3. The molecule has 0 radical (unpaired) electrons. The first-order chi connectivity index (χ1) is 21.0. The molecule has 0 aromatic heterocycles. The predicted molar refractivity (Wildman–Crippen MR) is 176 cm³/mol. The lowest BCUT2D eigenvalue weighted by molar-refractivity contribution is -0.121. The van der Waals surface area contributed by atoms with Crippen molar-refractivity contribution in [2.75, 3.05) is 20.8 Å². The summed E-state index contributed by atoms with van der Waals surface area (Å²) in [5.41, 5.74) is 1.47. The Morgan fingerprint density at radius 3 is 1.60 bits per heavy atom. The lowest BCUT2D eigenvalue weighted by Crippen LogP contribution is -2.02. The second kappa shape index (κ2) is 22.1. The molecular formula is C37H52O6. The topological polar surface area (TPSA) is 82.1 Å². The third kappa shape index (κ3) is 15.5. The van der Waals surface area contributed by atoms with E-state index in [1.54, 1.807) is 31.4 Å². The summed E-state index contributed by atoms with van der Waals surface area (Å²) < 4.78 is 16.5. The highest BCUT2D eigenvalue weighted by atomic mass is 16.5. The fourth-order valence-corrected chi connectivity index (χ4v) is 4.85. The van der Waals surface area contributed by atoms with Gasteiger partial charge in [-0.1, -0.05) is 115 Å². The molecule has 0 bridgehead atoms. The molecule has 2 rings (SSSR count). The first kappa shape index (κ1) is 35.7. The molecule has 236 valence electrons. The van der Waals surface area contributed by atoms with Crippen LogP contribution in [0, 0.1) is 0 Å². The fourth-order valence-electron chi connectivity index (χ4n) is 4.85. The minimum absolute atomic E-state index is 0.0209. The number of phenolic OH excluding ortho intramolecular Hbond substituents is 1. The summed E-state index contributed by atoms with van der Waals surface area (Å²) in [5.74, 6) is 1.03. The van der Waals surface area contributed by atoms with Gasteiger partial charge in [0.1, 0.15) is 0 Å². The van der Waals surface area contributed by atoms with Gasteiger partial charge in [0.15, 0.2) is 34.6 Å². The Morgan fingerprint density at radius 2 is 1.09 bits per heavy atom. The monoisotopic (exact) mass is 592 g/mol. The van der Waals surface area contributed by atoms with Crippen LogP contribution in [0.4, 0.5) is 0 Å². The number of benzene rings is 2. The molecule has 0 heterocycles. The quantitative estimate of drug-likeness (QED) is 0.0743. The highest BCUT2D eigenvalue weighted by Crippen LogP contribution is 2.29. The summed E-state index contributed by atoms with van der Waals surface area (Å²) >= 11 is 0. The molecule has 0 aliphatic heterocycles. The van der Waals surface area contributed by atoms with Crippen LogP contribution in [0.15, 0.2) is 48.6 Å². The molecule has 43 heavy (non-hydrogen) atoms. The molecule has 2 aromatic carbocycles. The van der Waals surface area contributed by atoms with E-state index in [1.165, 1.54) is 109 Å². The van der Waals surface area contributed by atoms with Crippen molar-refractivity contribution in [3.8, 4) is 23.0 Å². The van der Waals surface area contributed by atoms with Gasteiger partial charge in [0, 0.05) is 0 Å². The van der Waals surface area contributed by atoms with E-state index in [2.05, 4.69) is 6.92 Å². The second-order valence-corrected chi connectivity index (χ2v) is 11.1. The Balaban J connectivity index is 1.63. The average Bonchev–Trinajstić information content (AvgIpc) is 3.01. The van der Waals surface area contributed by atoms with Gasteiger partial charge in [0.2, 0.25) is 0 Å². The molecule has 0 fully saturated rings. The van der Waals surface area contributed by atoms with Crippen molar-refractivity contribution in [2.45, 2.75) is 103 Å². The summed E-state index contributed by atoms with van der Waals surface area (Å²) in [6.07, 6.45) is 24.3. The van der Waals surface area contributed by atoms with Crippen LogP contribution in [0.5, 0.6) is 23.0 Å². The normalized spacial score (nSPS) is 11.3. The van der Waals surface area contributed by atoms with E-state index in [4.69, 9.17) is 14.2 Å². The van der Waals surface area contributed by atoms with Gasteiger partial charge >= 0.3 is 0 Å². The van der Waals surface area contributed by atoms with E-state index in [0.29, 0.717) is 29.4 Å². The van der Waals surface area contributed by atoms with Gasteiger partial charge in [-0.05, 0) is 54.0 Å². The van der Waals surface area contributed by atoms with Crippen LogP contribution in [0.2, 0.25) is 0 Å². The summed E-state index contributed by atoms with van der Waals surface area (Å²) in [7, 11) is 3.05. The lowest BCUT2D eigenvalue weighted by atomic mass is 10.0. The van der Waals surface area contributed by atoms with Gasteiger partial charge in [-0.2, -0.15) is 0 Å². The first-order valence-corrected chi connectivity index (χ1v) is 16.1. The lowest BCUT2D eigenvalue weighted by Gasteiger charge is -2.11. The molecule has 6 heteroatoms. The van der Waals surface area contributed by atoms with Gasteiger partial charge in [-0.15, -0.1) is 0 Å². The van der Waals surface area contributed by atoms with Crippen LogP contribution in [0.3, 0.4) is 0 Å². The van der Waals surface area contributed by atoms with Gasteiger partial charge < -0.3 is 19.3 Å². The van der Waals surface area contributed by atoms with Crippen molar-refractivity contribution in [3.05, 3.63) is 59.7 Å². The van der Waals surface area contributed by atoms with Crippen molar-refractivity contribution in [1.82, 2.24) is 0 Å². The largest absolute Gasteiger partial charge is 0.504 e. The molecule has 0 aliphatic carbocycles. The van der Waals surface area contributed by atoms with Gasteiger partial charge in [-0.25, -0.2) is 0 Å². The molecular weight excluding hydrogens is 540 g/mol. The third-order valence-electron chi connectivity index (χ3n) is 7.42. The Hall–Kier alpha value is -3.54. The molecule has 1 N–H and O–H groups in total. The number of phenols is 1. The first-order valence-electron chi connectivity index (χ1n) is 16.1. The number of unbranched alkanes of at least 4 members (excludes halogenated alkanes) is 13. The molecule has 0 saturated carbocycles. The van der Waals surface area contributed by atoms with Crippen LogP contribution < -0.4 is 14.2 Å². The average molecular weight is 593 g/mol. The van der Waals surface area contributed by atoms with E-state index in [0.717, 1.165) is 12.0 Å². The molecule has 0 saturated heterocycles. The molecule has 6 nitrogen and oxygen atoms in total. The molecule has 0 aliphatic rings. The van der Waals surface area contributed by atoms with E-state index in [9.17, 15) is 14.7 Å². The zero-order valence-corrected chi connectivity index (χ0v) is 26.6. The number of carbonyl (C=O) groups is 2. The summed E-state index contributed by atoms with van der Waals surface area (Å²) in [6, 6.07) is 10.3. The fraction of sp³-hybridized carbons (Fsp3) is 0.514. The van der Waals surface area contributed by atoms with Crippen molar-refractivity contribution in [2.24, 2.45) is 0 Å². The number of hydrogen-bond acceptors (Lipinski definition) is 6.